The van der Waals surface area contributed by atoms with E-state index in [0.29, 0.717) is 6.54 Å². The highest BCUT2D eigenvalue weighted by Crippen LogP contribution is 2.11. The third kappa shape index (κ3) is 3.70. The van der Waals surface area contributed by atoms with E-state index in [0.717, 1.165) is 10.0 Å². The van der Waals surface area contributed by atoms with Gasteiger partial charge in [-0.05, 0) is 17.7 Å². The molecule has 18 heavy (non-hydrogen) atoms. The summed E-state index contributed by atoms with van der Waals surface area (Å²) >= 11 is 3.40. The molecule has 0 N–H and O–H groups in total. The molecule has 0 aliphatic heterocycles. The highest BCUT2D eigenvalue weighted by Gasteiger charge is 2.01. The second-order valence-electron chi connectivity index (χ2n) is 3.95. The van der Waals surface area contributed by atoms with Crippen molar-refractivity contribution in [3.8, 4) is 0 Å². The fourth-order valence-corrected chi connectivity index (χ4v) is 1.79. The second-order valence-corrected chi connectivity index (χ2v) is 4.87. The largest absolute Gasteiger partial charge is 0.461 e. The Labute approximate surface area is 114 Å². The molecule has 0 aliphatic rings. The Balaban J connectivity index is 1.97. The Bertz CT molecular complexity index is 534. The van der Waals surface area contributed by atoms with Crippen molar-refractivity contribution >= 4 is 21.9 Å². The number of rotatable bonds is 4. The number of hydrogen-bond acceptors (Lipinski definition) is 3. The van der Waals surface area contributed by atoms with Crippen LogP contribution in [0.5, 0.6) is 0 Å². The van der Waals surface area contributed by atoms with E-state index >= 15 is 0 Å². The summed E-state index contributed by atoms with van der Waals surface area (Å²) in [6.45, 7) is 2.37. The van der Waals surface area contributed by atoms with Crippen LogP contribution in [0, 0.1) is 0 Å². The van der Waals surface area contributed by atoms with Gasteiger partial charge in [0.2, 0.25) is 0 Å². The highest BCUT2D eigenvalue weighted by atomic mass is 79.9. The lowest BCUT2D eigenvalue weighted by molar-refractivity contribution is -0.142. The van der Waals surface area contributed by atoms with Crippen LogP contribution in [-0.4, -0.2) is 15.7 Å². The van der Waals surface area contributed by atoms with Crippen molar-refractivity contribution in [2.45, 2.75) is 20.1 Å². The van der Waals surface area contributed by atoms with Crippen LogP contribution < -0.4 is 0 Å². The molecule has 1 aromatic heterocycles. The number of ether oxygens (including phenoxy) is 1. The SMILES string of the molecule is CC(=O)OCc1cnn(Cc2ccc(Br)cc2)c1. The zero-order valence-corrected chi connectivity index (χ0v) is 11.6. The van der Waals surface area contributed by atoms with Crippen LogP contribution in [0.25, 0.3) is 0 Å². The van der Waals surface area contributed by atoms with Gasteiger partial charge in [-0.1, -0.05) is 28.1 Å². The Morgan fingerprint density at radius 3 is 2.72 bits per heavy atom. The Morgan fingerprint density at radius 2 is 2.06 bits per heavy atom. The summed E-state index contributed by atoms with van der Waals surface area (Å²) in [5.41, 5.74) is 2.06. The minimum Gasteiger partial charge on any atom is -0.461 e. The van der Waals surface area contributed by atoms with E-state index in [2.05, 4.69) is 21.0 Å². The maximum atomic E-state index is 10.7. The quantitative estimate of drug-likeness (QED) is 0.816. The summed E-state index contributed by atoms with van der Waals surface area (Å²) < 4.78 is 7.79. The molecule has 0 amide bonds. The number of benzene rings is 1. The third-order valence-electron chi connectivity index (χ3n) is 2.39. The first-order valence-corrected chi connectivity index (χ1v) is 6.32. The van der Waals surface area contributed by atoms with Gasteiger partial charge in [-0.3, -0.25) is 9.48 Å². The molecule has 0 atom stereocenters. The van der Waals surface area contributed by atoms with Crippen LogP contribution in [0.3, 0.4) is 0 Å². The van der Waals surface area contributed by atoms with Gasteiger partial charge in [0.25, 0.3) is 0 Å². The van der Waals surface area contributed by atoms with Crippen molar-refractivity contribution in [3.05, 3.63) is 52.3 Å². The summed E-state index contributed by atoms with van der Waals surface area (Å²) in [6, 6.07) is 8.08. The van der Waals surface area contributed by atoms with Gasteiger partial charge >= 0.3 is 5.97 Å². The molecule has 0 spiro atoms. The van der Waals surface area contributed by atoms with E-state index in [1.807, 2.05) is 35.1 Å². The number of nitrogens with zero attached hydrogens (tertiary/aromatic N) is 2. The fraction of sp³-hybridized carbons (Fsp3) is 0.231. The minimum absolute atomic E-state index is 0.273. The molecule has 5 heteroatoms. The molecule has 0 radical (unpaired) electrons. The van der Waals surface area contributed by atoms with Gasteiger partial charge in [0.1, 0.15) is 6.61 Å². The van der Waals surface area contributed by atoms with Crippen LogP contribution in [0.15, 0.2) is 41.1 Å². The van der Waals surface area contributed by atoms with E-state index in [1.165, 1.54) is 12.5 Å². The topological polar surface area (TPSA) is 44.1 Å². The van der Waals surface area contributed by atoms with Crippen LogP contribution >= 0.6 is 15.9 Å². The highest BCUT2D eigenvalue weighted by molar-refractivity contribution is 9.10. The van der Waals surface area contributed by atoms with Crippen molar-refractivity contribution in [1.29, 1.82) is 0 Å². The fourth-order valence-electron chi connectivity index (χ4n) is 1.53. The Morgan fingerprint density at radius 1 is 1.33 bits per heavy atom. The Kier molecular flexibility index (Phi) is 4.15. The maximum Gasteiger partial charge on any atom is 0.302 e. The number of aromatic nitrogens is 2. The first-order chi connectivity index (χ1) is 8.63. The van der Waals surface area contributed by atoms with E-state index in [-0.39, 0.29) is 12.6 Å². The van der Waals surface area contributed by atoms with Crippen LogP contribution in [0.4, 0.5) is 0 Å². The van der Waals surface area contributed by atoms with Gasteiger partial charge in [-0.2, -0.15) is 5.10 Å². The molecule has 2 aromatic rings. The van der Waals surface area contributed by atoms with Crippen molar-refractivity contribution in [3.63, 3.8) is 0 Å². The van der Waals surface area contributed by atoms with Gasteiger partial charge in [-0.15, -0.1) is 0 Å². The summed E-state index contributed by atoms with van der Waals surface area (Å²) in [5.74, 6) is -0.282. The maximum absolute atomic E-state index is 10.7. The summed E-state index contributed by atoms with van der Waals surface area (Å²) in [5, 5.41) is 4.23. The molecule has 0 unspecified atom stereocenters. The van der Waals surface area contributed by atoms with E-state index in [1.54, 1.807) is 6.20 Å². The lowest BCUT2D eigenvalue weighted by atomic mass is 10.2. The van der Waals surface area contributed by atoms with Crippen LogP contribution in [0.1, 0.15) is 18.1 Å². The molecule has 1 heterocycles. The van der Waals surface area contributed by atoms with Crippen molar-refractivity contribution in [1.82, 2.24) is 9.78 Å². The third-order valence-corrected chi connectivity index (χ3v) is 2.92. The summed E-state index contributed by atoms with van der Waals surface area (Å²) in [4.78, 5) is 10.7. The van der Waals surface area contributed by atoms with Gasteiger partial charge < -0.3 is 4.74 Å². The molecule has 0 fully saturated rings. The smallest absolute Gasteiger partial charge is 0.302 e. The van der Waals surface area contributed by atoms with E-state index < -0.39 is 0 Å². The van der Waals surface area contributed by atoms with Crippen LogP contribution in [-0.2, 0) is 22.7 Å². The first-order valence-electron chi connectivity index (χ1n) is 5.52. The van der Waals surface area contributed by atoms with Crippen molar-refractivity contribution < 1.29 is 9.53 Å². The monoisotopic (exact) mass is 308 g/mol. The minimum atomic E-state index is -0.282. The number of halogens is 1. The van der Waals surface area contributed by atoms with Gasteiger partial charge in [-0.25, -0.2) is 0 Å². The van der Waals surface area contributed by atoms with E-state index in [4.69, 9.17) is 4.74 Å². The molecule has 2 rings (SSSR count). The summed E-state index contributed by atoms with van der Waals surface area (Å²) in [7, 11) is 0. The number of esters is 1. The van der Waals surface area contributed by atoms with Crippen molar-refractivity contribution in [2.75, 3.05) is 0 Å². The molecule has 0 saturated heterocycles. The molecule has 0 aliphatic carbocycles. The molecule has 0 bridgehead atoms. The number of carbonyl (C=O) groups excluding carboxylic acids is 1. The lowest BCUT2D eigenvalue weighted by Crippen LogP contribution is -2.00. The molecule has 0 saturated carbocycles. The zero-order valence-electron chi connectivity index (χ0n) is 9.97. The van der Waals surface area contributed by atoms with E-state index in [9.17, 15) is 4.79 Å². The molecule has 1 aromatic carbocycles. The zero-order chi connectivity index (χ0) is 13.0. The molecular formula is C13H13BrN2O2. The van der Waals surface area contributed by atoms with Gasteiger partial charge in [0, 0.05) is 23.2 Å². The summed E-state index contributed by atoms with van der Waals surface area (Å²) in [6.07, 6.45) is 3.59. The van der Waals surface area contributed by atoms with Gasteiger partial charge in [0.15, 0.2) is 0 Å². The van der Waals surface area contributed by atoms with Crippen LogP contribution in [0.2, 0.25) is 0 Å². The molecular weight excluding hydrogens is 296 g/mol. The predicted octanol–water partition coefficient (Wildman–Crippen LogP) is 2.76. The lowest BCUT2D eigenvalue weighted by Gasteiger charge is -2.02. The average Bonchev–Trinajstić information content (AvgIpc) is 2.77. The molecule has 4 nitrogen and oxygen atoms in total. The van der Waals surface area contributed by atoms with Crippen molar-refractivity contribution in [2.24, 2.45) is 0 Å². The standard InChI is InChI=1S/C13H13BrN2O2/c1-10(17)18-9-12-6-15-16(8-12)7-11-2-4-13(14)5-3-11/h2-6,8H,7,9H2,1H3. The predicted molar refractivity (Wildman–Crippen MR) is 70.9 cm³/mol. The van der Waals surface area contributed by atoms with Gasteiger partial charge in [0.05, 0.1) is 12.7 Å². The number of carbonyl (C=O) groups is 1. The normalized spacial score (nSPS) is 10.3. The average molecular weight is 309 g/mol. The Hall–Kier alpha value is -1.62. The molecule has 94 valence electrons. The number of hydrogen-bond donors (Lipinski definition) is 0. The second kappa shape index (κ2) is 5.82. The first kappa shape index (κ1) is 12.8.